The van der Waals surface area contributed by atoms with Crippen molar-refractivity contribution < 1.29 is 14.7 Å². The molecule has 110 valence electrons. The molecule has 0 aromatic carbocycles. The minimum atomic E-state index is -0.778. The fourth-order valence-corrected chi connectivity index (χ4v) is 1.86. The number of aromatic nitrogens is 1. The average molecular weight is 278 g/mol. The van der Waals surface area contributed by atoms with Crippen LogP contribution in [-0.2, 0) is 16.0 Å². The highest BCUT2D eigenvalue weighted by atomic mass is 16.4. The molecular formula is C15H22N2O3. The Kier molecular flexibility index (Phi) is 6.15. The summed E-state index contributed by atoms with van der Waals surface area (Å²) in [6, 6.07) is 3.63. The van der Waals surface area contributed by atoms with Crippen LogP contribution in [0.25, 0.3) is 0 Å². The summed E-state index contributed by atoms with van der Waals surface area (Å²) in [7, 11) is 0. The number of rotatable bonds is 8. The molecule has 20 heavy (non-hydrogen) atoms. The van der Waals surface area contributed by atoms with E-state index in [-0.39, 0.29) is 17.7 Å². The molecule has 0 bridgehead atoms. The van der Waals surface area contributed by atoms with Crippen molar-refractivity contribution in [1.29, 1.82) is 0 Å². The Hall–Kier alpha value is -1.91. The van der Waals surface area contributed by atoms with Gasteiger partial charge in [0.05, 0.1) is 6.42 Å². The molecule has 0 unspecified atom stereocenters. The number of carbonyl (C=O) groups excluding carboxylic acids is 1. The molecule has 1 aromatic rings. The zero-order chi connectivity index (χ0) is 15.0. The third-order valence-electron chi connectivity index (χ3n) is 3.25. The lowest BCUT2D eigenvalue weighted by Crippen LogP contribution is -2.29. The van der Waals surface area contributed by atoms with Crippen LogP contribution in [0.4, 0.5) is 0 Å². The van der Waals surface area contributed by atoms with Crippen LogP contribution < -0.4 is 5.32 Å². The van der Waals surface area contributed by atoms with Gasteiger partial charge in [-0.1, -0.05) is 13.8 Å². The van der Waals surface area contributed by atoms with Gasteiger partial charge in [0.25, 0.3) is 0 Å². The molecule has 0 spiro atoms. The Morgan fingerprint density at radius 2 is 1.90 bits per heavy atom. The smallest absolute Gasteiger partial charge is 0.303 e. The van der Waals surface area contributed by atoms with Gasteiger partial charge in [-0.25, -0.2) is 0 Å². The van der Waals surface area contributed by atoms with Crippen molar-refractivity contribution in [2.75, 3.05) is 6.54 Å². The highest BCUT2D eigenvalue weighted by Gasteiger charge is 2.19. The second kappa shape index (κ2) is 7.62. The maximum Gasteiger partial charge on any atom is 0.303 e. The summed E-state index contributed by atoms with van der Waals surface area (Å²) in [5.41, 5.74) is 0.852. The summed E-state index contributed by atoms with van der Waals surface area (Å²) in [6.45, 7) is 4.60. The van der Waals surface area contributed by atoms with Crippen LogP contribution in [0.15, 0.2) is 24.5 Å². The largest absolute Gasteiger partial charge is 0.481 e. The van der Waals surface area contributed by atoms with E-state index in [1.807, 2.05) is 26.0 Å². The SMILES string of the molecule is CC(C)(CCNC(=O)Cc1ccncc1)CCC(=O)O. The molecule has 0 aliphatic carbocycles. The maximum atomic E-state index is 11.7. The number of carboxylic acid groups (broad SMARTS) is 1. The van der Waals surface area contributed by atoms with Gasteiger partial charge in [-0.15, -0.1) is 0 Å². The second-order valence-electron chi connectivity index (χ2n) is 5.69. The van der Waals surface area contributed by atoms with Gasteiger partial charge in [-0.3, -0.25) is 14.6 Å². The molecule has 2 N–H and O–H groups in total. The van der Waals surface area contributed by atoms with Crippen LogP contribution in [0.5, 0.6) is 0 Å². The molecule has 5 nitrogen and oxygen atoms in total. The zero-order valence-corrected chi connectivity index (χ0v) is 12.1. The number of carbonyl (C=O) groups is 2. The first-order chi connectivity index (χ1) is 9.39. The molecule has 0 radical (unpaired) electrons. The van der Waals surface area contributed by atoms with Gasteiger partial charge in [-0.05, 0) is 36.0 Å². The van der Waals surface area contributed by atoms with Gasteiger partial charge < -0.3 is 10.4 Å². The molecule has 0 saturated carbocycles. The fraction of sp³-hybridized carbons (Fsp3) is 0.533. The van der Waals surface area contributed by atoms with E-state index in [0.717, 1.165) is 12.0 Å². The number of pyridine rings is 1. The Morgan fingerprint density at radius 3 is 2.50 bits per heavy atom. The van der Waals surface area contributed by atoms with Crippen LogP contribution >= 0.6 is 0 Å². The van der Waals surface area contributed by atoms with E-state index in [1.165, 1.54) is 0 Å². The Labute approximate surface area is 119 Å². The van der Waals surface area contributed by atoms with Crippen LogP contribution in [0.1, 0.15) is 38.7 Å². The number of carboxylic acids is 1. The van der Waals surface area contributed by atoms with Crippen LogP contribution in [-0.4, -0.2) is 28.5 Å². The molecule has 0 saturated heterocycles. The van der Waals surface area contributed by atoms with Crippen molar-refractivity contribution >= 4 is 11.9 Å². The van der Waals surface area contributed by atoms with Crippen LogP contribution in [0.2, 0.25) is 0 Å². The molecule has 1 rings (SSSR count). The van der Waals surface area contributed by atoms with E-state index in [1.54, 1.807) is 12.4 Å². The Bertz CT molecular complexity index is 444. The number of hydrogen-bond donors (Lipinski definition) is 2. The van der Waals surface area contributed by atoms with Crippen molar-refractivity contribution in [2.24, 2.45) is 5.41 Å². The molecular weight excluding hydrogens is 256 g/mol. The van der Waals surface area contributed by atoms with E-state index in [9.17, 15) is 9.59 Å². The first-order valence-corrected chi connectivity index (χ1v) is 6.76. The molecule has 1 amide bonds. The van der Waals surface area contributed by atoms with Crippen molar-refractivity contribution in [3.8, 4) is 0 Å². The van der Waals surface area contributed by atoms with Gasteiger partial charge >= 0.3 is 5.97 Å². The average Bonchev–Trinajstić information content (AvgIpc) is 2.37. The fourth-order valence-electron chi connectivity index (χ4n) is 1.86. The van der Waals surface area contributed by atoms with Gasteiger partial charge in [0.15, 0.2) is 0 Å². The summed E-state index contributed by atoms with van der Waals surface area (Å²) in [4.78, 5) is 26.2. The summed E-state index contributed by atoms with van der Waals surface area (Å²) in [5.74, 6) is -0.801. The molecule has 0 aliphatic rings. The van der Waals surface area contributed by atoms with E-state index >= 15 is 0 Å². The molecule has 0 aliphatic heterocycles. The lowest BCUT2D eigenvalue weighted by atomic mass is 9.84. The van der Waals surface area contributed by atoms with Crippen LogP contribution in [0, 0.1) is 5.41 Å². The van der Waals surface area contributed by atoms with E-state index in [2.05, 4.69) is 10.3 Å². The normalized spacial score (nSPS) is 11.1. The highest BCUT2D eigenvalue weighted by molar-refractivity contribution is 5.78. The predicted molar refractivity (Wildman–Crippen MR) is 76.2 cm³/mol. The topological polar surface area (TPSA) is 79.3 Å². The zero-order valence-electron chi connectivity index (χ0n) is 12.1. The standard InChI is InChI=1S/C15H22N2O3/c1-15(2,6-3-14(19)20)7-10-17-13(18)11-12-4-8-16-9-5-12/h4-5,8-9H,3,6-7,10-11H2,1-2H3,(H,17,18)(H,19,20). The monoisotopic (exact) mass is 278 g/mol. The number of aliphatic carboxylic acids is 1. The first-order valence-electron chi connectivity index (χ1n) is 6.76. The van der Waals surface area contributed by atoms with Gasteiger partial charge in [0.1, 0.15) is 0 Å². The summed E-state index contributed by atoms with van der Waals surface area (Å²) in [5, 5.41) is 11.5. The first kappa shape index (κ1) is 16.1. The Balaban J connectivity index is 2.26. The lowest BCUT2D eigenvalue weighted by Gasteiger charge is -2.23. The lowest BCUT2D eigenvalue weighted by molar-refractivity contribution is -0.137. The van der Waals surface area contributed by atoms with E-state index in [4.69, 9.17) is 5.11 Å². The van der Waals surface area contributed by atoms with Crippen LogP contribution in [0.3, 0.4) is 0 Å². The maximum absolute atomic E-state index is 11.7. The number of amides is 1. The van der Waals surface area contributed by atoms with Gasteiger partial charge in [-0.2, -0.15) is 0 Å². The Morgan fingerprint density at radius 1 is 1.25 bits per heavy atom. The van der Waals surface area contributed by atoms with Gasteiger partial charge in [0.2, 0.25) is 5.91 Å². The molecule has 5 heteroatoms. The summed E-state index contributed by atoms with van der Waals surface area (Å²) >= 11 is 0. The molecule has 1 heterocycles. The minimum Gasteiger partial charge on any atom is -0.481 e. The predicted octanol–water partition coefficient (Wildman–Crippen LogP) is 2.02. The second-order valence-corrected chi connectivity index (χ2v) is 5.69. The number of nitrogens with one attached hydrogen (secondary N) is 1. The molecule has 0 atom stereocenters. The van der Waals surface area contributed by atoms with E-state index in [0.29, 0.717) is 19.4 Å². The number of nitrogens with zero attached hydrogens (tertiary/aromatic N) is 1. The third-order valence-corrected chi connectivity index (χ3v) is 3.25. The van der Waals surface area contributed by atoms with Crippen molar-refractivity contribution in [2.45, 2.75) is 39.5 Å². The van der Waals surface area contributed by atoms with Gasteiger partial charge in [0, 0.05) is 25.4 Å². The third kappa shape index (κ3) is 6.87. The quantitative estimate of drug-likeness (QED) is 0.762. The molecule has 0 fully saturated rings. The van der Waals surface area contributed by atoms with Crippen molar-refractivity contribution in [1.82, 2.24) is 10.3 Å². The number of hydrogen-bond acceptors (Lipinski definition) is 3. The summed E-state index contributed by atoms with van der Waals surface area (Å²) < 4.78 is 0. The molecule has 1 aromatic heterocycles. The highest BCUT2D eigenvalue weighted by Crippen LogP contribution is 2.25. The minimum absolute atomic E-state index is 0.0229. The van der Waals surface area contributed by atoms with Crippen molar-refractivity contribution in [3.63, 3.8) is 0 Å². The van der Waals surface area contributed by atoms with Crippen molar-refractivity contribution in [3.05, 3.63) is 30.1 Å². The summed E-state index contributed by atoms with van der Waals surface area (Å²) in [6.07, 6.45) is 5.22. The van der Waals surface area contributed by atoms with E-state index < -0.39 is 5.97 Å².